The van der Waals surface area contributed by atoms with Crippen molar-refractivity contribution >= 4 is 11.9 Å². The Morgan fingerprint density at radius 2 is 1.69 bits per heavy atom. The van der Waals surface area contributed by atoms with Crippen LogP contribution in [0.5, 0.6) is 0 Å². The number of nitrogens with zero attached hydrogens (tertiary/aromatic N) is 2. The Morgan fingerprint density at radius 3 is 2.38 bits per heavy atom. The number of carbonyl (C=O) groups is 2. The van der Waals surface area contributed by atoms with E-state index in [-0.39, 0.29) is 11.9 Å². The quantitative estimate of drug-likeness (QED) is 0.746. The third-order valence-electron chi connectivity index (χ3n) is 6.14. The van der Waals surface area contributed by atoms with E-state index in [9.17, 15) is 9.59 Å². The normalized spacial score (nSPS) is 22.4. The molecule has 1 saturated heterocycles. The third-order valence-corrected chi connectivity index (χ3v) is 6.14. The molecule has 3 amide bonds. The first-order valence-corrected chi connectivity index (χ1v) is 11.0. The van der Waals surface area contributed by atoms with Gasteiger partial charge in [0.25, 0.3) is 0 Å². The number of rotatable bonds is 6. The van der Waals surface area contributed by atoms with Gasteiger partial charge in [0.05, 0.1) is 19.1 Å². The van der Waals surface area contributed by atoms with Crippen LogP contribution in [0.4, 0.5) is 4.79 Å². The molecule has 2 aliphatic rings. The van der Waals surface area contributed by atoms with E-state index in [0.29, 0.717) is 57.8 Å². The van der Waals surface area contributed by atoms with Crippen LogP contribution in [0.1, 0.15) is 43.7 Å². The van der Waals surface area contributed by atoms with E-state index in [1.165, 1.54) is 24.8 Å². The molecule has 0 bridgehead atoms. The van der Waals surface area contributed by atoms with E-state index in [1.807, 2.05) is 36.1 Å². The minimum absolute atomic E-state index is 0.0593. The Balaban J connectivity index is 1.32. The van der Waals surface area contributed by atoms with Gasteiger partial charge in [-0.1, -0.05) is 49.6 Å². The van der Waals surface area contributed by atoms with Crippen molar-refractivity contribution in [3.8, 4) is 0 Å². The van der Waals surface area contributed by atoms with Gasteiger partial charge >= 0.3 is 6.03 Å². The number of urea groups is 1. The molecule has 2 atom stereocenters. The van der Waals surface area contributed by atoms with Crippen LogP contribution in [-0.4, -0.2) is 67.2 Å². The second kappa shape index (κ2) is 10.6. The van der Waals surface area contributed by atoms with E-state index >= 15 is 0 Å². The second-order valence-corrected chi connectivity index (χ2v) is 8.43. The maximum absolute atomic E-state index is 12.5. The zero-order valence-corrected chi connectivity index (χ0v) is 17.9. The van der Waals surface area contributed by atoms with Crippen molar-refractivity contribution in [2.45, 2.75) is 52.1 Å². The highest BCUT2D eigenvalue weighted by atomic mass is 16.5. The third kappa shape index (κ3) is 6.46. The summed E-state index contributed by atoms with van der Waals surface area (Å²) >= 11 is 0. The summed E-state index contributed by atoms with van der Waals surface area (Å²) in [5.41, 5.74) is 2.23. The van der Waals surface area contributed by atoms with Crippen molar-refractivity contribution in [2.24, 2.45) is 5.92 Å². The molecule has 0 aromatic heterocycles. The molecule has 6 nitrogen and oxygen atoms in total. The molecule has 1 aromatic rings. The van der Waals surface area contributed by atoms with E-state index in [4.69, 9.17) is 4.74 Å². The van der Waals surface area contributed by atoms with Crippen LogP contribution in [0.3, 0.4) is 0 Å². The molecule has 29 heavy (non-hydrogen) atoms. The summed E-state index contributed by atoms with van der Waals surface area (Å²) in [6.07, 6.45) is 5.68. The molecule has 1 saturated carbocycles. The van der Waals surface area contributed by atoms with Gasteiger partial charge in [-0.25, -0.2) is 4.79 Å². The number of piperazine rings is 1. The summed E-state index contributed by atoms with van der Waals surface area (Å²) in [4.78, 5) is 28.5. The van der Waals surface area contributed by atoms with Crippen molar-refractivity contribution in [3.63, 3.8) is 0 Å². The number of carbonyl (C=O) groups excluding carboxylic acids is 2. The van der Waals surface area contributed by atoms with Crippen LogP contribution in [0, 0.1) is 12.8 Å². The molecule has 1 aromatic carbocycles. The van der Waals surface area contributed by atoms with Gasteiger partial charge in [0.1, 0.15) is 0 Å². The lowest BCUT2D eigenvalue weighted by molar-refractivity contribution is -0.131. The van der Waals surface area contributed by atoms with Crippen molar-refractivity contribution in [1.82, 2.24) is 15.1 Å². The summed E-state index contributed by atoms with van der Waals surface area (Å²) < 4.78 is 5.96. The molecule has 6 heteroatoms. The smallest absolute Gasteiger partial charge is 0.317 e. The number of amides is 3. The number of nitrogens with one attached hydrogen (secondary N) is 1. The van der Waals surface area contributed by atoms with Gasteiger partial charge in [0, 0.05) is 32.7 Å². The summed E-state index contributed by atoms with van der Waals surface area (Å²) in [7, 11) is 0. The predicted octanol–water partition coefficient (Wildman–Crippen LogP) is 2.99. The van der Waals surface area contributed by atoms with Crippen LogP contribution in [0.25, 0.3) is 0 Å². The monoisotopic (exact) mass is 401 g/mol. The molecule has 1 aliphatic heterocycles. The molecule has 1 heterocycles. The Hall–Kier alpha value is -2.08. The Bertz CT molecular complexity index is 668. The molecule has 1 aliphatic carbocycles. The van der Waals surface area contributed by atoms with Crippen LogP contribution in [0.15, 0.2) is 24.3 Å². The molecule has 0 spiro atoms. The first-order chi connectivity index (χ1) is 14.0. The number of hydrogen-bond acceptors (Lipinski definition) is 3. The summed E-state index contributed by atoms with van der Waals surface area (Å²) in [5.74, 6) is 0.744. The fourth-order valence-electron chi connectivity index (χ4n) is 4.16. The molecule has 160 valence electrons. The van der Waals surface area contributed by atoms with Crippen LogP contribution < -0.4 is 5.32 Å². The van der Waals surface area contributed by atoms with Crippen molar-refractivity contribution in [2.75, 3.05) is 39.3 Å². The molecule has 3 rings (SSSR count). The molecular weight excluding hydrogens is 366 g/mol. The molecule has 2 fully saturated rings. The van der Waals surface area contributed by atoms with E-state index in [0.717, 1.165) is 12.0 Å². The highest BCUT2D eigenvalue weighted by Gasteiger charge is 2.24. The zero-order chi connectivity index (χ0) is 20.6. The Labute approximate surface area is 174 Å². The standard InChI is InChI=1S/C23H35N3O3/c1-18-7-9-20(10-8-18)17-22(27)25-12-14-26(15-13-25)23(28)24-11-16-29-21-6-4-3-5-19(21)2/h7-10,19,21H,3-6,11-17H2,1-2H3,(H,24,28). The highest BCUT2D eigenvalue weighted by Crippen LogP contribution is 2.25. The maximum Gasteiger partial charge on any atom is 0.317 e. The van der Waals surface area contributed by atoms with E-state index in [1.54, 1.807) is 4.90 Å². The van der Waals surface area contributed by atoms with Gasteiger partial charge in [0.2, 0.25) is 5.91 Å². The lowest BCUT2D eigenvalue weighted by Gasteiger charge is -2.35. The van der Waals surface area contributed by atoms with Crippen molar-refractivity contribution < 1.29 is 14.3 Å². The number of aryl methyl sites for hydroxylation is 1. The van der Waals surface area contributed by atoms with Crippen molar-refractivity contribution in [1.29, 1.82) is 0 Å². The Kier molecular flexibility index (Phi) is 7.92. The number of hydrogen-bond donors (Lipinski definition) is 1. The largest absolute Gasteiger partial charge is 0.376 e. The summed E-state index contributed by atoms with van der Waals surface area (Å²) in [5, 5.41) is 2.95. The van der Waals surface area contributed by atoms with Gasteiger partial charge < -0.3 is 19.9 Å². The fourth-order valence-corrected chi connectivity index (χ4v) is 4.16. The number of benzene rings is 1. The average Bonchev–Trinajstić information content (AvgIpc) is 2.74. The van der Waals surface area contributed by atoms with Crippen LogP contribution in [0.2, 0.25) is 0 Å². The van der Waals surface area contributed by atoms with Gasteiger partial charge in [-0.05, 0) is 31.2 Å². The van der Waals surface area contributed by atoms with Crippen molar-refractivity contribution in [3.05, 3.63) is 35.4 Å². The molecular formula is C23H35N3O3. The SMILES string of the molecule is Cc1ccc(CC(=O)N2CCN(C(=O)NCCOC3CCCCC3C)CC2)cc1. The molecule has 1 N–H and O–H groups in total. The Morgan fingerprint density at radius 1 is 1.03 bits per heavy atom. The first kappa shape index (κ1) is 21.6. The second-order valence-electron chi connectivity index (χ2n) is 8.43. The first-order valence-electron chi connectivity index (χ1n) is 11.0. The lowest BCUT2D eigenvalue weighted by atomic mass is 9.88. The molecule has 2 unspecified atom stereocenters. The summed E-state index contributed by atoms with van der Waals surface area (Å²) in [6.45, 7) is 7.73. The fraction of sp³-hybridized carbons (Fsp3) is 0.652. The lowest BCUT2D eigenvalue weighted by Crippen LogP contribution is -2.53. The highest BCUT2D eigenvalue weighted by molar-refractivity contribution is 5.79. The van der Waals surface area contributed by atoms with Crippen LogP contribution >= 0.6 is 0 Å². The minimum atomic E-state index is -0.0593. The van der Waals surface area contributed by atoms with E-state index in [2.05, 4.69) is 12.2 Å². The van der Waals surface area contributed by atoms with Gasteiger partial charge in [-0.15, -0.1) is 0 Å². The van der Waals surface area contributed by atoms with Gasteiger partial charge in [-0.3, -0.25) is 4.79 Å². The zero-order valence-electron chi connectivity index (χ0n) is 17.9. The van der Waals surface area contributed by atoms with Gasteiger partial charge in [-0.2, -0.15) is 0 Å². The van der Waals surface area contributed by atoms with E-state index < -0.39 is 0 Å². The van der Waals surface area contributed by atoms with Gasteiger partial charge in [0.15, 0.2) is 0 Å². The summed E-state index contributed by atoms with van der Waals surface area (Å²) in [6, 6.07) is 8.02. The van der Waals surface area contributed by atoms with Crippen LogP contribution in [-0.2, 0) is 16.0 Å². The predicted molar refractivity (Wildman–Crippen MR) is 114 cm³/mol. The average molecular weight is 402 g/mol. The molecule has 0 radical (unpaired) electrons. The maximum atomic E-state index is 12.5. The number of ether oxygens (including phenoxy) is 1. The minimum Gasteiger partial charge on any atom is -0.376 e. The topological polar surface area (TPSA) is 61.9 Å².